The molecule has 0 saturated carbocycles. The summed E-state index contributed by atoms with van der Waals surface area (Å²) in [5.74, 6) is 1.94. The van der Waals surface area contributed by atoms with Gasteiger partial charge in [0.2, 0.25) is 0 Å². The predicted octanol–water partition coefficient (Wildman–Crippen LogP) is 0.587. The number of nitrogens with one attached hydrogen (secondary N) is 1. The van der Waals surface area contributed by atoms with Gasteiger partial charge in [-0.2, -0.15) is 5.10 Å². The third-order valence-electron chi connectivity index (χ3n) is 3.22. The lowest BCUT2D eigenvalue weighted by Gasteiger charge is -2.11. The Hall–Kier alpha value is -1.73. The molecule has 0 aromatic carbocycles. The number of hydrogen-bond donors (Lipinski definition) is 1. The van der Waals surface area contributed by atoms with Gasteiger partial charge in [0.25, 0.3) is 0 Å². The largest absolute Gasteiger partial charge is 0.383 e. The molecule has 0 spiro atoms. The van der Waals surface area contributed by atoms with E-state index in [-0.39, 0.29) is 0 Å². The van der Waals surface area contributed by atoms with E-state index < -0.39 is 0 Å². The van der Waals surface area contributed by atoms with E-state index in [9.17, 15) is 0 Å². The van der Waals surface area contributed by atoms with E-state index in [1.807, 2.05) is 17.8 Å². The average Bonchev–Trinajstić information content (AvgIpc) is 3.04. The summed E-state index contributed by atoms with van der Waals surface area (Å²) in [7, 11) is 1.70. The van der Waals surface area contributed by atoms with Crippen molar-refractivity contribution in [1.29, 1.82) is 0 Å². The van der Waals surface area contributed by atoms with Gasteiger partial charge in [-0.3, -0.25) is 0 Å². The van der Waals surface area contributed by atoms with Crippen molar-refractivity contribution in [2.45, 2.75) is 33.5 Å². The van der Waals surface area contributed by atoms with Crippen molar-refractivity contribution >= 4 is 0 Å². The number of rotatable bonds is 8. The van der Waals surface area contributed by atoms with Gasteiger partial charge in [-0.05, 0) is 13.8 Å². The summed E-state index contributed by atoms with van der Waals surface area (Å²) < 4.78 is 9.09. The van der Waals surface area contributed by atoms with Crippen molar-refractivity contribution < 1.29 is 4.74 Å². The lowest BCUT2D eigenvalue weighted by atomic mass is 10.4. The van der Waals surface area contributed by atoms with Crippen LogP contribution in [0.5, 0.6) is 0 Å². The molecule has 0 aliphatic heterocycles. The Kier molecular flexibility index (Phi) is 5.25. The monoisotopic (exact) mass is 278 g/mol. The minimum atomic E-state index is 0.695. The highest BCUT2D eigenvalue weighted by molar-refractivity contribution is 5.07. The Morgan fingerprint density at radius 2 is 2.20 bits per heavy atom. The van der Waals surface area contributed by atoms with E-state index in [0.717, 1.165) is 37.0 Å². The summed E-state index contributed by atoms with van der Waals surface area (Å²) in [6, 6.07) is 0. The van der Waals surface area contributed by atoms with Gasteiger partial charge >= 0.3 is 0 Å². The second-order valence-corrected chi connectivity index (χ2v) is 4.54. The smallest absolute Gasteiger partial charge is 0.146 e. The van der Waals surface area contributed by atoms with Crippen LogP contribution in [0.3, 0.4) is 0 Å². The summed E-state index contributed by atoms with van der Waals surface area (Å²) in [5, 5.41) is 7.54. The van der Waals surface area contributed by atoms with Crippen LogP contribution in [0.1, 0.15) is 24.3 Å². The zero-order chi connectivity index (χ0) is 14.4. The Balaban J connectivity index is 2.05. The maximum absolute atomic E-state index is 5.02. The van der Waals surface area contributed by atoms with Crippen LogP contribution in [0.4, 0.5) is 0 Å². The fourth-order valence-electron chi connectivity index (χ4n) is 2.08. The quantitative estimate of drug-likeness (QED) is 0.716. The lowest BCUT2D eigenvalue weighted by Crippen LogP contribution is -2.21. The van der Waals surface area contributed by atoms with Gasteiger partial charge in [0.15, 0.2) is 0 Å². The molecule has 2 aromatic heterocycles. The van der Waals surface area contributed by atoms with Crippen molar-refractivity contribution in [3.8, 4) is 0 Å². The second kappa shape index (κ2) is 7.16. The molecular formula is C13H22N6O. The Bertz CT molecular complexity index is 533. The first kappa shape index (κ1) is 14.7. The van der Waals surface area contributed by atoms with Crippen LogP contribution in [0.25, 0.3) is 0 Å². The van der Waals surface area contributed by atoms with Crippen molar-refractivity contribution in [3.05, 3.63) is 29.9 Å². The Labute approximate surface area is 119 Å². The Morgan fingerprint density at radius 3 is 2.95 bits per heavy atom. The fourth-order valence-corrected chi connectivity index (χ4v) is 2.08. The highest BCUT2D eigenvalue weighted by Gasteiger charge is 2.10. The van der Waals surface area contributed by atoms with Crippen LogP contribution in [0, 0.1) is 6.92 Å². The van der Waals surface area contributed by atoms with Crippen molar-refractivity contribution in [3.63, 3.8) is 0 Å². The summed E-state index contributed by atoms with van der Waals surface area (Å²) in [4.78, 5) is 8.70. The van der Waals surface area contributed by atoms with Crippen molar-refractivity contribution in [1.82, 2.24) is 29.6 Å². The van der Waals surface area contributed by atoms with Gasteiger partial charge in [0, 0.05) is 32.9 Å². The van der Waals surface area contributed by atoms with Crippen molar-refractivity contribution in [2.24, 2.45) is 0 Å². The highest BCUT2D eigenvalue weighted by atomic mass is 16.5. The first-order valence-corrected chi connectivity index (χ1v) is 6.83. The first-order chi connectivity index (χ1) is 9.76. The zero-order valence-corrected chi connectivity index (χ0v) is 12.3. The van der Waals surface area contributed by atoms with E-state index in [0.29, 0.717) is 13.2 Å². The summed E-state index contributed by atoms with van der Waals surface area (Å²) >= 11 is 0. The lowest BCUT2D eigenvalue weighted by molar-refractivity contribution is 0.199. The molecular weight excluding hydrogens is 256 g/mol. The van der Waals surface area contributed by atoms with Gasteiger partial charge in [0.1, 0.15) is 18.0 Å². The summed E-state index contributed by atoms with van der Waals surface area (Å²) in [6.07, 6.45) is 3.50. The van der Waals surface area contributed by atoms with Crippen LogP contribution >= 0.6 is 0 Å². The van der Waals surface area contributed by atoms with Crippen LogP contribution < -0.4 is 5.32 Å². The standard InChI is InChI=1S/C13H22N6O/c1-4-19-13(16-10-17-19)9-18-11(2)15-8-12(18)7-14-5-6-20-3/h8,10,14H,4-7,9H2,1-3H3. The number of methoxy groups -OCH3 is 1. The van der Waals surface area contributed by atoms with E-state index in [4.69, 9.17) is 4.74 Å². The Morgan fingerprint density at radius 1 is 1.35 bits per heavy atom. The molecule has 1 N–H and O–H groups in total. The first-order valence-electron chi connectivity index (χ1n) is 6.83. The number of nitrogens with zero attached hydrogens (tertiary/aromatic N) is 5. The van der Waals surface area contributed by atoms with Gasteiger partial charge < -0.3 is 14.6 Å². The maximum atomic E-state index is 5.02. The molecule has 0 bridgehead atoms. The predicted molar refractivity (Wildman–Crippen MR) is 75.3 cm³/mol. The maximum Gasteiger partial charge on any atom is 0.146 e. The molecule has 20 heavy (non-hydrogen) atoms. The second-order valence-electron chi connectivity index (χ2n) is 4.54. The fraction of sp³-hybridized carbons (Fsp3) is 0.615. The molecule has 0 unspecified atom stereocenters. The molecule has 7 nitrogen and oxygen atoms in total. The third-order valence-corrected chi connectivity index (χ3v) is 3.22. The topological polar surface area (TPSA) is 69.8 Å². The van der Waals surface area contributed by atoms with Crippen LogP contribution in [0.15, 0.2) is 12.5 Å². The molecule has 110 valence electrons. The molecule has 0 atom stereocenters. The van der Waals surface area contributed by atoms with E-state index in [1.165, 1.54) is 0 Å². The van der Waals surface area contributed by atoms with E-state index in [2.05, 4.69) is 31.9 Å². The molecule has 0 fully saturated rings. The molecule has 0 amide bonds. The van der Waals surface area contributed by atoms with E-state index in [1.54, 1.807) is 13.4 Å². The molecule has 7 heteroatoms. The number of aryl methyl sites for hydroxylation is 2. The van der Waals surface area contributed by atoms with Gasteiger partial charge in [-0.15, -0.1) is 0 Å². The molecule has 0 aliphatic rings. The van der Waals surface area contributed by atoms with Gasteiger partial charge in [0.05, 0.1) is 18.8 Å². The minimum absolute atomic E-state index is 0.695. The molecule has 2 aromatic rings. The average molecular weight is 278 g/mol. The molecule has 0 aliphatic carbocycles. The number of ether oxygens (including phenoxy) is 1. The van der Waals surface area contributed by atoms with Crippen LogP contribution in [-0.2, 0) is 24.4 Å². The SMILES string of the molecule is CCn1ncnc1Cn1c(CNCCOC)cnc1C. The normalized spacial score (nSPS) is 11.2. The summed E-state index contributed by atoms with van der Waals surface area (Å²) in [5.41, 5.74) is 1.14. The van der Waals surface area contributed by atoms with Crippen LogP contribution in [-0.4, -0.2) is 44.6 Å². The number of hydrogen-bond acceptors (Lipinski definition) is 5. The molecule has 2 heterocycles. The molecule has 0 radical (unpaired) electrons. The van der Waals surface area contributed by atoms with Crippen LogP contribution in [0.2, 0.25) is 0 Å². The zero-order valence-electron chi connectivity index (χ0n) is 12.3. The highest BCUT2D eigenvalue weighted by Crippen LogP contribution is 2.08. The summed E-state index contributed by atoms with van der Waals surface area (Å²) in [6.45, 7) is 7.89. The third kappa shape index (κ3) is 3.43. The number of aromatic nitrogens is 5. The number of imidazole rings is 1. The van der Waals surface area contributed by atoms with Crippen molar-refractivity contribution in [2.75, 3.05) is 20.3 Å². The van der Waals surface area contributed by atoms with E-state index >= 15 is 0 Å². The molecule has 2 rings (SSSR count). The van der Waals surface area contributed by atoms with Gasteiger partial charge in [-0.25, -0.2) is 14.6 Å². The minimum Gasteiger partial charge on any atom is -0.383 e. The van der Waals surface area contributed by atoms with Gasteiger partial charge in [-0.1, -0.05) is 0 Å². The molecule has 0 saturated heterocycles.